The molecule has 0 radical (unpaired) electrons. The monoisotopic (exact) mass is 286 g/mol. The highest BCUT2D eigenvalue weighted by atomic mass is 19.1. The average Bonchev–Trinajstić information content (AvgIpc) is 2.37. The molecule has 0 heterocycles. The van der Waals surface area contributed by atoms with Crippen molar-refractivity contribution in [2.45, 2.75) is 19.4 Å². The average molecular weight is 286 g/mol. The van der Waals surface area contributed by atoms with Gasteiger partial charge in [-0.1, -0.05) is 0 Å². The van der Waals surface area contributed by atoms with E-state index < -0.39 is 28.5 Å². The minimum Gasteiger partial charge on any atom is -0.481 e. The number of nitro groups is 1. The number of methoxy groups -OCH3 is 1. The van der Waals surface area contributed by atoms with Crippen LogP contribution in [-0.4, -0.2) is 35.8 Å². The van der Waals surface area contributed by atoms with Crippen molar-refractivity contribution >= 4 is 17.3 Å². The van der Waals surface area contributed by atoms with Gasteiger partial charge in [0, 0.05) is 13.7 Å². The molecular formula is C12H15FN2O5. The zero-order valence-electron chi connectivity index (χ0n) is 11.1. The summed E-state index contributed by atoms with van der Waals surface area (Å²) in [6.45, 7) is 1.55. The fourth-order valence-corrected chi connectivity index (χ4v) is 1.62. The van der Waals surface area contributed by atoms with Crippen LogP contribution in [0.5, 0.6) is 0 Å². The smallest absolute Gasteiger partial charge is 0.306 e. The third-order valence-corrected chi connectivity index (χ3v) is 2.73. The molecule has 0 saturated heterocycles. The predicted octanol–water partition coefficient (Wildman–Crippen LogP) is 1.94. The summed E-state index contributed by atoms with van der Waals surface area (Å²) >= 11 is 0. The number of hydrogen-bond donors (Lipinski definition) is 2. The molecule has 0 aliphatic carbocycles. The second kappa shape index (κ2) is 6.80. The molecule has 20 heavy (non-hydrogen) atoms. The van der Waals surface area contributed by atoms with Crippen LogP contribution in [0.4, 0.5) is 15.8 Å². The molecule has 1 aromatic carbocycles. The Kier molecular flexibility index (Phi) is 5.39. The van der Waals surface area contributed by atoms with Crippen molar-refractivity contribution < 1.29 is 24.0 Å². The summed E-state index contributed by atoms with van der Waals surface area (Å²) in [5.74, 6) is -1.71. The fraction of sp³-hybridized carbons (Fsp3) is 0.417. The Bertz CT molecular complexity index is 521. The first-order valence-corrected chi connectivity index (χ1v) is 5.78. The molecule has 0 fully saturated rings. The van der Waals surface area contributed by atoms with Crippen LogP contribution in [0.15, 0.2) is 12.1 Å². The van der Waals surface area contributed by atoms with Gasteiger partial charge in [-0.2, -0.15) is 0 Å². The van der Waals surface area contributed by atoms with E-state index in [0.29, 0.717) is 0 Å². The number of halogens is 1. The predicted molar refractivity (Wildman–Crippen MR) is 69.3 cm³/mol. The van der Waals surface area contributed by atoms with Crippen LogP contribution in [0, 0.1) is 22.9 Å². The molecule has 0 saturated carbocycles. The van der Waals surface area contributed by atoms with E-state index in [-0.39, 0.29) is 24.2 Å². The quantitative estimate of drug-likeness (QED) is 0.586. The first-order chi connectivity index (χ1) is 9.35. The molecule has 2 N–H and O–H groups in total. The van der Waals surface area contributed by atoms with Crippen LogP contribution in [0.2, 0.25) is 0 Å². The van der Waals surface area contributed by atoms with Crippen molar-refractivity contribution in [3.8, 4) is 0 Å². The molecule has 0 aliphatic heterocycles. The number of carboxylic acids is 1. The number of aryl methyl sites for hydroxylation is 1. The van der Waals surface area contributed by atoms with Crippen molar-refractivity contribution in [2.24, 2.45) is 0 Å². The van der Waals surface area contributed by atoms with Crippen molar-refractivity contribution in [2.75, 3.05) is 19.0 Å². The first kappa shape index (κ1) is 15.8. The van der Waals surface area contributed by atoms with E-state index in [1.165, 1.54) is 20.1 Å². The summed E-state index contributed by atoms with van der Waals surface area (Å²) in [5.41, 5.74) is -0.0232. The molecule has 0 aromatic heterocycles. The number of nitrogens with one attached hydrogen (secondary N) is 1. The minimum absolute atomic E-state index is 0.0642. The molecule has 7 nitrogen and oxygen atoms in total. The maximum atomic E-state index is 13.3. The Balaban J connectivity index is 2.88. The second-order valence-corrected chi connectivity index (χ2v) is 4.21. The number of nitro benzene ring substituents is 1. The van der Waals surface area contributed by atoms with E-state index in [9.17, 15) is 19.3 Å². The Morgan fingerprint density at radius 1 is 1.60 bits per heavy atom. The molecular weight excluding hydrogens is 271 g/mol. The van der Waals surface area contributed by atoms with Gasteiger partial charge in [0.1, 0.15) is 11.5 Å². The Hall–Kier alpha value is -2.22. The lowest BCUT2D eigenvalue weighted by Gasteiger charge is -2.15. The molecule has 8 heteroatoms. The maximum absolute atomic E-state index is 13.3. The number of anilines is 1. The Morgan fingerprint density at radius 2 is 2.25 bits per heavy atom. The highest BCUT2D eigenvalue weighted by Crippen LogP contribution is 2.27. The van der Waals surface area contributed by atoms with Crippen LogP contribution in [0.3, 0.4) is 0 Å². The molecule has 0 spiro atoms. The summed E-state index contributed by atoms with van der Waals surface area (Å²) in [4.78, 5) is 20.7. The van der Waals surface area contributed by atoms with E-state index in [1.54, 1.807) is 0 Å². The molecule has 0 bridgehead atoms. The number of carbonyl (C=O) groups is 1. The summed E-state index contributed by atoms with van der Waals surface area (Å²) in [5, 5.41) is 22.2. The molecule has 0 aliphatic rings. The first-order valence-electron chi connectivity index (χ1n) is 5.78. The maximum Gasteiger partial charge on any atom is 0.306 e. The van der Waals surface area contributed by atoms with Gasteiger partial charge in [0.05, 0.1) is 23.5 Å². The van der Waals surface area contributed by atoms with Crippen molar-refractivity contribution in [3.05, 3.63) is 33.6 Å². The normalized spacial score (nSPS) is 11.9. The van der Waals surface area contributed by atoms with Gasteiger partial charge in [0.25, 0.3) is 5.69 Å². The van der Waals surface area contributed by atoms with Gasteiger partial charge in [-0.3, -0.25) is 14.9 Å². The van der Waals surface area contributed by atoms with Gasteiger partial charge < -0.3 is 15.2 Å². The van der Waals surface area contributed by atoms with Crippen LogP contribution in [0.1, 0.15) is 12.0 Å². The fourth-order valence-electron chi connectivity index (χ4n) is 1.62. The van der Waals surface area contributed by atoms with E-state index in [1.807, 2.05) is 0 Å². The molecule has 1 rings (SSSR count). The van der Waals surface area contributed by atoms with Crippen LogP contribution in [-0.2, 0) is 9.53 Å². The molecule has 0 amide bonds. The standard InChI is InChI=1S/C12H15FN2O5/c1-7-3-10(11(15(18)19)5-9(7)13)14-6-8(20-2)4-12(16)17/h3,5,8,14H,4,6H2,1-2H3,(H,16,17). The van der Waals surface area contributed by atoms with Gasteiger partial charge in [-0.15, -0.1) is 0 Å². The topological polar surface area (TPSA) is 102 Å². The summed E-state index contributed by atoms with van der Waals surface area (Å²) in [7, 11) is 1.35. The number of aliphatic carboxylic acids is 1. The van der Waals surface area contributed by atoms with Crippen molar-refractivity contribution in [3.63, 3.8) is 0 Å². The lowest BCUT2D eigenvalue weighted by atomic mass is 10.1. The summed E-state index contributed by atoms with van der Waals surface area (Å²) < 4.78 is 18.3. The highest BCUT2D eigenvalue weighted by Gasteiger charge is 2.19. The summed E-state index contributed by atoms with van der Waals surface area (Å²) in [6.07, 6.45) is -0.880. The SMILES string of the molecule is COC(CNc1cc(C)c(F)cc1[N+](=O)[O-])CC(=O)O. The van der Waals surface area contributed by atoms with E-state index >= 15 is 0 Å². The number of ether oxygens (including phenoxy) is 1. The third-order valence-electron chi connectivity index (χ3n) is 2.73. The zero-order chi connectivity index (χ0) is 15.3. The van der Waals surface area contributed by atoms with Gasteiger partial charge in [0.2, 0.25) is 0 Å². The Morgan fingerprint density at radius 3 is 2.75 bits per heavy atom. The van der Waals surface area contributed by atoms with Gasteiger partial charge in [0.15, 0.2) is 0 Å². The zero-order valence-corrected chi connectivity index (χ0v) is 11.1. The van der Waals surface area contributed by atoms with Gasteiger partial charge in [-0.25, -0.2) is 4.39 Å². The van der Waals surface area contributed by atoms with Crippen LogP contribution in [0.25, 0.3) is 0 Å². The van der Waals surface area contributed by atoms with Crippen molar-refractivity contribution in [1.82, 2.24) is 0 Å². The van der Waals surface area contributed by atoms with E-state index in [0.717, 1.165) is 6.07 Å². The third kappa shape index (κ3) is 4.16. The lowest BCUT2D eigenvalue weighted by Crippen LogP contribution is -2.25. The lowest BCUT2D eigenvalue weighted by molar-refractivity contribution is -0.384. The number of rotatable bonds is 7. The van der Waals surface area contributed by atoms with Crippen LogP contribution < -0.4 is 5.32 Å². The number of benzene rings is 1. The number of nitrogens with zero attached hydrogens (tertiary/aromatic N) is 1. The highest BCUT2D eigenvalue weighted by molar-refractivity contribution is 5.68. The molecule has 1 unspecified atom stereocenters. The summed E-state index contributed by atoms with van der Waals surface area (Å²) in [6, 6.07) is 2.14. The van der Waals surface area contributed by atoms with Crippen molar-refractivity contribution in [1.29, 1.82) is 0 Å². The van der Waals surface area contributed by atoms with Gasteiger partial charge >= 0.3 is 5.97 Å². The van der Waals surface area contributed by atoms with E-state index in [2.05, 4.69) is 5.32 Å². The minimum atomic E-state index is -1.04. The second-order valence-electron chi connectivity index (χ2n) is 4.21. The number of hydrogen-bond acceptors (Lipinski definition) is 5. The molecule has 110 valence electrons. The number of carboxylic acid groups (broad SMARTS) is 1. The van der Waals surface area contributed by atoms with Gasteiger partial charge in [-0.05, 0) is 18.6 Å². The largest absolute Gasteiger partial charge is 0.481 e. The van der Waals surface area contributed by atoms with E-state index in [4.69, 9.17) is 9.84 Å². The molecule has 1 atom stereocenters. The Labute approximate surface area is 114 Å². The molecule has 1 aromatic rings. The van der Waals surface area contributed by atoms with Crippen LogP contribution >= 0.6 is 0 Å².